The molecular weight excluding hydrogens is 665 g/mol. The molecule has 1 aliphatic heterocycles. The van der Waals surface area contributed by atoms with Crippen molar-refractivity contribution in [1.29, 1.82) is 0 Å². The highest BCUT2D eigenvalue weighted by Gasteiger charge is 2.33. The number of terminal acetylenes is 1. The average molecular weight is 705 g/mol. The number of halogens is 2. The van der Waals surface area contributed by atoms with Crippen molar-refractivity contribution < 1.29 is 38.4 Å². The number of thioether (sulfide) groups is 1. The van der Waals surface area contributed by atoms with Crippen LogP contribution in [-0.2, 0) is 9.53 Å². The first kappa shape index (κ1) is 36.4. The van der Waals surface area contributed by atoms with Gasteiger partial charge in [0, 0.05) is 28.6 Å². The van der Waals surface area contributed by atoms with Gasteiger partial charge in [0.25, 0.3) is 0 Å². The van der Waals surface area contributed by atoms with Gasteiger partial charge in [-0.2, -0.15) is 0 Å². The molecule has 1 N–H and O–H groups in total. The van der Waals surface area contributed by atoms with Gasteiger partial charge in [0.1, 0.15) is 6.04 Å². The summed E-state index contributed by atoms with van der Waals surface area (Å²) < 4.78 is 34.9. The molecule has 0 radical (unpaired) electrons. The molecule has 47 heavy (non-hydrogen) atoms. The number of nitrogens with zero attached hydrogens (tertiary/aromatic N) is 1. The molecule has 1 fully saturated rings. The fourth-order valence-corrected chi connectivity index (χ4v) is 6.53. The van der Waals surface area contributed by atoms with Crippen LogP contribution in [0.4, 0.5) is 0 Å². The van der Waals surface area contributed by atoms with Crippen molar-refractivity contribution in [2.75, 3.05) is 47.4 Å². The lowest BCUT2D eigenvalue weighted by Crippen LogP contribution is -2.31. The molecule has 0 aliphatic carbocycles. The van der Waals surface area contributed by atoms with Crippen molar-refractivity contribution in [3.63, 3.8) is 0 Å². The Morgan fingerprint density at radius 2 is 1.66 bits per heavy atom. The molecule has 0 spiro atoms. The molecule has 3 unspecified atom stereocenters. The van der Waals surface area contributed by atoms with E-state index in [0.717, 1.165) is 16.0 Å². The summed E-state index contributed by atoms with van der Waals surface area (Å²) in [6.07, 6.45) is 7.00. The fraction of sp³-hybridized carbons (Fsp3) is 0.400. The third-order valence-electron chi connectivity index (χ3n) is 7.76. The molecule has 12 heteroatoms. The normalized spacial score (nSPS) is 16.2. The minimum Gasteiger partial charge on any atom is -0.493 e. The lowest BCUT2D eigenvalue weighted by molar-refractivity contribution is -0.171. The van der Waals surface area contributed by atoms with Crippen LogP contribution in [0.5, 0.6) is 28.7 Å². The van der Waals surface area contributed by atoms with E-state index in [1.165, 1.54) is 18.9 Å². The Labute approximate surface area is 290 Å². The molecule has 1 aliphatic rings. The Morgan fingerprint density at radius 1 is 1.00 bits per heavy atom. The molecule has 0 saturated carbocycles. The number of hydrogen-bond acceptors (Lipinski definition) is 9. The zero-order valence-corrected chi connectivity index (χ0v) is 29.3. The molecule has 3 aromatic carbocycles. The van der Waals surface area contributed by atoms with Gasteiger partial charge in [-0.15, -0.1) is 18.2 Å². The molecule has 1 amide bonds. The van der Waals surface area contributed by atoms with E-state index in [9.17, 15) is 10.0 Å². The smallest absolute Gasteiger partial charge is 0.247 e. The molecule has 3 aromatic rings. The van der Waals surface area contributed by atoms with Crippen LogP contribution in [0, 0.1) is 12.3 Å². The first-order chi connectivity index (χ1) is 22.7. The van der Waals surface area contributed by atoms with E-state index in [4.69, 9.17) is 58.0 Å². The van der Waals surface area contributed by atoms with Gasteiger partial charge < -0.3 is 28.4 Å². The Morgan fingerprint density at radius 3 is 2.26 bits per heavy atom. The Hall–Kier alpha value is -3.46. The van der Waals surface area contributed by atoms with E-state index in [-0.39, 0.29) is 25.0 Å². The third kappa shape index (κ3) is 8.53. The Bertz CT molecular complexity index is 1570. The number of benzene rings is 3. The standard InChI is InChI=1S/C35H39Cl2NO8S/c1-7-9-33(39)38(40)28(8-2)25-14-21(15-30(41-3)34(25)45-12-13-47-24-10-11-26(36)27(37)19-24)23-18-29(46-20-23)22-16-31(42-4)35(44-6)32(17-22)43-5/h2,10-11,14-17,19,23,28-29,40H,7,9,12-13,18,20H2,1,3-6H3. The molecule has 1 saturated heterocycles. The Kier molecular flexibility index (Phi) is 13.2. The third-order valence-corrected chi connectivity index (χ3v) is 9.46. The number of hydrogen-bond donors (Lipinski definition) is 1. The average Bonchev–Trinajstić information content (AvgIpc) is 3.58. The van der Waals surface area contributed by atoms with Gasteiger partial charge in [-0.3, -0.25) is 10.0 Å². The van der Waals surface area contributed by atoms with Crippen LogP contribution in [0.3, 0.4) is 0 Å². The van der Waals surface area contributed by atoms with E-state index < -0.39 is 11.9 Å². The van der Waals surface area contributed by atoms with Crippen LogP contribution in [0.1, 0.15) is 60.9 Å². The minimum absolute atomic E-state index is 0.0667. The highest BCUT2D eigenvalue weighted by Crippen LogP contribution is 2.47. The van der Waals surface area contributed by atoms with Crippen molar-refractivity contribution in [2.24, 2.45) is 0 Å². The second-order valence-electron chi connectivity index (χ2n) is 10.7. The molecular formula is C35H39Cl2NO8S. The van der Waals surface area contributed by atoms with Gasteiger partial charge in [-0.25, -0.2) is 5.06 Å². The van der Waals surface area contributed by atoms with E-state index in [1.807, 2.05) is 37.3 Å². The molecule has 3 atom stereocenters. The van der Waals surface area contributed by atoms with Gasteiger partial charge in [-0.1, -0.05) is 36.0 Å². The largest absolute Gasteiger partial charge is 0.493 e. The zero-order chi connectivity index (χ0) is 34.1. The number of hydroxylamine groups is 2. The molecule has 1 heterocycles. The van der Waals surface area contributed by atoms with Crippen LogP contribution in [0.25, 0.3) is 0 Å². The van der Waals surface area contributed by atoms with E-state index in [0.29, 0.717) is 74.6 Å². The molecule has 9 nitrogen and oxygen atoms in total. The molecule has 4 rings (SSSR count). The van der Waals surface area contributed by atoms with Crippen molar-refractivity contribution in [3.05, 3.63) is 69.2 Å². The highest BCUT2D eigenvalue weighted by molar-refractivity contribution is 7.99. The molecule has 252 valence electrons. The zero-order valence-electron chi connectivity index (χ0n) is 27.0. The van der Waals surface area contributed by atoms with Crippen molar-refractivity contribution >= 4 is 40.9 Å². The second-order valence-corrected chi connectivity index (χ2v) is 12.7. The highest BCUT2D eigenvalue weighted by atomic mass is 35.5. The number of amides is 1. The number of carbonyl (C=O) groups is 1. The second kappa shape index (κ2) is 17.1. The number of carbonyl (C=O) groups excluding carboxylic acids is 1. The van der Waals surface area contributed by atoms with Gasteiger partial charge in [-0.05, 0) is 66.4 Å². The van der Waals surface area contributed by atoms with Crippen LogP contribution >= 0.6 is 35.0 Å². The van der Waals surface area contributed by atoms with E-state index in [1.54, 1.807) is 33.5 Å². The number of ether oxygens (including phenoxy) is 6. The predicted molar refractivity (Wildman–Crippen MR) is 183 cm³/mol. The summed E-state index contributed by atoms with van der Waals surface area (Å²) in [6, 6.07) is 11.8. The summed E-state index contributed by atoms with van der Waals surface area (Å²) in [6.45, 7) is 2.53. The molecule has 0 bridgehead atoms. The quantitative estimate of drug-likeness (QED) is 0.0553. The first-order valence-electron chi connectivity index (χ1n) is 15.0. The van der Waals surface area contributed by atoms with E-state index in [2.05, 4.69) is 5.92 Å². The van der Waals surface area contributed by atoms with Gasteiger partial charge >= 0.3 is 0 Å². The Balaban J connectivity index is 1.64. The summed E-state index contributed by atoms with van der Waals surface area (Å²) in [7, 11) is 6.23. The maximum absolute atomic E-state index is 12.8. The molecule has 0 aromatic heterocycles. The summed E-state index contributed by atoms with van der Waals surface area (Å²) in [4.78, 5) is 13.7. The number of methoxy groups -OCH3 is 4. The summed E-state index contributed by atoms with van der Waals surface area (Å²) in [5.41, 5.74) is 2.17. The summed E-state index contributed by atoms with van der Waals surface area (Å²) in [5.74, 6) is 4.92. The van der Waals surface area contributed by atoms with E-state index >= 15 is 0 Å². The van der Waals surface area contributed by atoms with Gasteiger partial charge in [0.2, 0.25) is 11.7 Å². The topological polar surface area (TPSA) is 95.9 Å². The monoisotopic (exact) mass is 703 g/mol. The predicted octanol–water partition coefficient (Wildman–Crippen LogP) is 8.14. The SMILES string of the molecule is C#CC(c1cc(C2COC(c3cc(OC)c(OC)c(OC)c3)C2)cc(OC)c1OCCSc1ccc(Cl)c(Cl)c1)N(O)C(=O)CCC. The fourth-order valence-electron chi connectivity index (χ4n) is 5.40. The van der Waals surface area contributed by atoms with Gasteiger partial charge in [0.05, 0.1) is 57.8 Å². The lowest BCUT2D eigenvalue weighted by Gasteiger charge is -2.26. The summed E-state index contributed by atoms with van der Waals surface area (Å²) >= 11 is 13.8. The van der Waals surface area contributed by atoms with Crippen molar-refractivity contribution in [2.45, 2.75) is 49.1 Å². The van der Waals surface area contributed by atoms with Crippen molar-refractivity contribution in [1.82, 2.24) is 5.06 Å². The van der Waals surface area contributed by atoms with Crippen LogP contribution in [0.15, 0.2) is 47.4 Å². The van der Waals surface area contributed by atoms with Crippen LogP contribution < -0.4 is 23.7 Å². The lowest BCUT2D eigenvalue weighted by atomic mass is 9.90. The first-order valence-corrected chi connectivity index (χ1v) is 16.7. The van der Waals surface area contributed by atoms with Gasteiger partial charge in [0.15, 0.2) is 23.0 Å². The van der Waals surface area contributed by atoms with Crippen LogP contribution in [-0.4, -0.2) is 63.6 Å². The minimum atomic E-state index is -1.12. The maximum atomic E-state index is 12.8. The van der Waals surface area contributed by atoms with Crippen molar-refractivity contribution in [3.8, 4) is 41.1 Å². The maximum Gasteiger partial charge on any atom is 0.247 e. The van der Waals surface area contributed by atoms with Crippen LogP contribution in [0.2, 0.25) is 10.0 Å². The summed E-state index contributed by atoms with van der Waals surface area (Å²) in [5, 5.41) is 12.5. The number of rotatable bonds is 15.